The molecule has 0 aliphatic carbocycles. The lowest BCUT2D eigenvalue weighted by molar-refractivity contribution is -0.318. The van der Waals surface area contributed by atoms with Gasteiger partial charge in [-0.2, -0.15) is 0 Å². The van der Waals surface area contributed by atoms with Gasteiger partial charge in [-0.3, -0.25) is 4.79 Å². The van der Waals surface area contributed by atoms with Gasteiger partial charge in [0.2, 0.25) is 6.29 Å². The van der Waals surface area contributed by atoms with Crippen molar-refractivity contribution in [3.8, 4) is 17.2 Å². The van der Waals surface area contributed by atoms with Gasteiger partial charge >= 0.3 is 0 Å². The third-order valence-electron chi connectivity index (χ3n) is 7.30. The zero-order valence-corrected chi connectivity index (χ0v) is 21.4. The molecule has 218 valence electrons. The monoisotopic (exact) mass is 564 g/mol. The molecule has 7 N–H and O–H groups in total. The van der Waals surface area contributed by atoms with Crippen molar-refractivity contribution >= 4 is 5.78 Å². The first-order chi connectivity index (χ1) is 19.0. The number of ether oxygens (including phenoxy) is 5. The zero-order valence-electron chi connectivity index (χ0n) is 21.4. The highest BCUT2D eigenvalue weighted by molar-refractivity contribution is 6.02. The summed E-state index contributed by atoms with van der Waals surface area (Å²) in [5, 5.41) is 71.9. The average molecular weight is 565 g/mol. The van der Waals surface area contributed by atoms with E-state index in [1.54, 1.807) is 0 Å². The molecule has 0 amide bonds. The van der Waals surface area contributed by atoms with E-state index in [2.05, 4.69) is 0 Å². The summed E-state index contributed by atoms with van der Waals surface area (Å²) in [5.41, 5.74) is 0.751. The van der Waals surface area contributed by atoms with Crippen LogP contribution in [0.1, 0.15) is 35.4 Å². The highest BCUT2D eigenvalue weighted by Gasteiger charge is 2.47. The maximum atomic E-state index is 12.8. The van der Waals surface area contributed by atoms with Gasteiger partial charge in [-0.25, -0.2) is 0 Å². The van der Waals surface area contributed by atoms with E-state index in [9.17, 15) is 40.5 Å². The lowest BCUT2D eigenvalue weighted by Crippen LogP contribution is -2.61. The first-order valence-corrected chi connectivity index (χ1v) is 12.8. The van der Waals surface area contributed by atoms with Crippen molar-refractivity contribution in [2.75, 3.05) is 6.61 Å². The minimum absolute atomic E-state index is 0.0149. The Morgan fingerprint density at radius 3 is 2.25 bits per heavy atom. The number of phenols is 1. The Morgan fingerprint density at radius 1 is 0.850 bits per heavy atom. The van der Waals surface area contributed by atoms with E-state index in [1.165, 1.54) is 13.0 Å². The third kappa shape index (κ3) is 5.52. The summed E-state index contributed by atoms with van der Waals surface area (Å²) in [6.07, 6.45) is -15.2. The highest BCUT2D eigenvalue weighted by Crippen LogP contribution is 2.42. The summed E-state index contributed by atoms with van der Waals surface area (Å²) in [6.45, 7) is 1.01. The molecule has 2 saturated heterocycles. The van der Waals surface area contributed by atoms with Crippen LogP contribution in [-0.4, -0.2) is 110 Å². The van der Waals surface area contributed by atoms with Gasteiger partial charge in [-0.05, 0) is 12.5 Å². The fourth-order valence-electron chi connectivity index (χ4n) is 4.96. The molecule has 5 rings (SSSR count). The van der Waals surface area contributed by atoms with Gasteiger partial charge in [-0.15, -0.1) is 0 Å². The van der Waals surface area contributed by atoms with Crippen molar-refractivity contribution in [2.24, 2.45) is 0 Å². The lowest BCUT2D eigenvalue weighted by atomic mass is 9.95. The van der Waals surface area contributed by atoms with Crippen LogP contribution in [0.15, 0.2) is 42.5 Å². The van der Waals surface area contributed by atoms with Crippen LogP contribution in [0.3, 0.4) is 0 Å². The number of hydrogen-bond acceptors (Lipinski definition) is 13. The highest BCUT2D eigenvalue weighted by atomic mass is 16.7. The van der Waals surface area contributed by atoms with E-state index in [0.29, 0.717) is 0 Å². The number of benzene rings is 2. The second-order valence-corrected chi connectivity index (χ2v) is 10.1. The molecule has 13 nitrogen and oxygen atoms in total. The van der Waals surface area contributed by atoms with Crippen LogP contribution < -0.4 is 9.47 Å². The number of Topliss-reactive ketones (excluding diaryl/α,β-unsaturated/α-hetero) is 1. The summed E-state index contributed by atoms with van der Waals surface area (Å²) in [6, 6.07) is 11.6. The molecule has 3 aliphatic rings. The second-order valence-electron chi connectivity index (χ2n) is 10.1. The minimum Gasteiger partial charge on any atom is -0.507 e. The Morgan fingerprint density at radius 2 is 1.52 bits per heavy atom. The number of aliphatic hydroxyl groups excluding tert-OH is 6. The predicted molar refractivity (Wildman–Crippen MR) is 132 cm³/mol. The Labute approximate surface area is 228 Å². The molecule has 0 spiro atoms. The van der Waals surface area contributed by atoms with Crippen molar-refractivity contribution in [1.82, 2.24) is 0 Å². The van der Waals surface area contributed by atoms with Gasteiger partial charge in [0.25, 0.3) is 0 Å². The molecule has 3 aliphatic heterocycles. The fourth-order valence-corrected chi connectivity index (χ4v) is 4.96. The number of phenolic OH excluding ortho intramolecular Hbond substituents is 1. The van der Waals surface area contributed by atoms with Gasteiger partial charge in [0.15, 0.2) is 12.1 Å². The van der Waals surface area contributed by atoms with Crippen LogP contribution in [0, 0.1) is 0 Å². The molecular weight excluding hydrogens is 532 g/mol. The maximum absolute atomic E-state index is 12.8. The topological polar surface area (TPSA) is 205 Å². The summed E-state index contributed by atoms with van der Waals surface area (Å²) in [4.78, 5) is 12.8. The standard InChI is InChI=1S/C27H32O13/c1-11-20(30)22(32)24(34)26(37-11)36-10-18-21(31)23(33)25(35)27(40-18)38-13-7-14(28)19-15(29)9-16(39-17(19)8-13)12-5-3-2-4-6-12/h2-8,11,16,18,20-28,30-35H,9-10H2,1H3/t11-,16?,18+,20-,21+,22+,23-,24+,25+,26+,27+/m0/s1. The number of hydrogen-bond donors (Lipinski definition) is 7. The van der Waals surface area contributed by atoms with Gasteiger partial charge in [0.1, 0.15) is 71.6 Å². The molecule has 2 aromatic rings. The summed E-state index contributed by atoms with van der Waals surface area (Å²) < 4.78 is 28.1. The number of aromatic hydroxyl groups is 1. The van der Waals surface area contributed by atoms with E-state index in [4.69, 9.17) is 23.7 Å². The molecule has 3 heterocycles. The quantitative estimate of drug-likeness (QED) is 0.228. The molecule has 11 atom stereocenters. The lowest BCUT2D eigenvalue weighted by Gasteiger charge is -2.42. The zero-order chi connectivity index (χ0) is 28.7. The van der Waals surface area contributed by atoms with Gasteiger partial charge in [0, 0.05) is 12.1 Å². The first-order valence-electron chi connectivity index (χ1n) is 12.8. The number of carbonyl (C=O) groups excluding carboxylic acids is 1. The van der Waals surface area contributed by atoms with Crippen molar-refractivity contribution < 1.29 is 64.2 Å². The van der Waals surface area contributed by atoms with Gasteiger partial charge in [0.05, 0.1) is 19.1 Å². The predicted octanol–water partition coefficient (Wildman–Crippen LogP) is -0.871. The molecule has 0 radical (unpaired) electrons. The van der Waals surface area contributed by atoms with E-state index >= 15 is 0 Å². The summed E-state index contributed by atoms with van der Waals surface area (Å²) in [7, 11) is 0. The SMILES string of the molecule is C[C@@H]1O[C@@H](OC[C@H]2O[C@@H](Oc3cc(O)c4c(c3)OC(c3ccccc3)CC4=O)[C@H](O)[C@@H](O)[C@@H]2O)[C@H](O)[C@H](O)[C@H]1O. The van der Waals surface area contributed by atoms with Gasteiger partial charge in [-0.1, -0.05) is 30.3 Å². The molecule has 0 aromatic heterocycles. The average Bonchev–Trinajstić information content (AvgIpc) is 2.94. The first kappa shape index (κ1) is 28.7. The van der Waals surface area contributed by atoms with Crippen molar-refractivity contribution in [3.05, 3.63) is 53.6 Å². The van der Waals surface area contributed by atoms with E-state index in [-0.39, 0.29) is 29.3 Å². The van der Waals surface area contributed by atoms with Crippen LogP contribution >= 0.6 is 0 Å². The molecule has 2 aromatic carbocycles. The molecule has 0 saturated carbocycles. The van der Waals surface area contributed by atoms with E-state index < -0.39 is 79.9 Å². The van der Waals surface area contributed by atoms with Crippen LogP contribution in [-0.2, 0) is 14.2 Å². The van der Waals surface area contributed by atoms with E-state index in [1.807, 2.05) is 30.3 Å². The number of aliphatic hydroxyl groups is 6. The Balaban J connectivity index is 1.29. The van der Waals surface area contributed by atoms with Crippen molar-refractivity contribution in [2.45, 2.75) is 80.9 Å². The number of ketones is 1. The number of fused-ring (bicyclic) bond motifs is 1. The van der Waals surface area contributed by atoms with Crippen LogP contribution in [0.5, 0.6) is 17.2 Å². The van der Waals surface area contributed by atoms with Gasteiger partial charge < -0.3 is 59.4 Å². The summed E-state index contributed by atoms with van der Waals surface area (Å²) in [5.74, 6) is -0.734. The van der Waals surface area contributed by atoms with Crippen molar-refractivity contribution in [3.63, 3.8) is 0 Å². The molecule has 13 heteroatoms. The maximum Gasteiger partial charge on any atom is 0.229 e. The third-order valence-corrected chi connectivity index (χ3v) is 7.30. The molecule has 1 unspecified atom stereocenters. The number of carbonyl (C=O) groups is 1. The molecule has 40 heavy (non-hydrogen) atoms. The van der Waals surface area contributed by atoms with E-state index in [0.717, 1.165) is 11.6 Å². The fraction of sp³-hybridized carbons (Fsp3) is 0.519. The van der Waals surface area contributed by atoms with Crippen molar-refractivity contribution in [1.29, 1.82) is 0 Å². The van der Waals surface area contributed by atoms with Crippen LogP contribution in [0.2, 0.25) is 0 Å². The molecule has 2 fully saturated rings. The largest absolute Gasteiger partial charge is 0.507 e. The Hall–Kier alpha value is -2.85. The van der Waals surface area contributed by atoms with Crippen LogP contribution in [0.25, 0.3) is 0 Å². The summed E-state index contributed by atoms with van der Waals surface area (Å²) >= 11 is 0. The second kappa shape index (κ2) is 11.6. The smallest absolute Gasteiger partial charge is 0.229 e. The van der Waals surface area contributed by atoms with Crippen LogP contribution in [0.4, 0.5) is 0 Å². The molecule has 0 bridgehead atoms. The normalized spacial score (nSPS) is 37.9. The Kier molecular flexibility index (Phi) is 8.29. The number of rotatable bonds is 6. The molecular formula is C27H32O13. The minimum atomic E-state index is -1.73. The Bertz CT molecular complexity index is 1190.